The zero-order valence-corrected chi connectivity index (χ0v) is 10.6. The van der Waals surface area contributed by atoms with E-state index in [0.717, 1.165) is 25.9 Å². The molecule has 0 radical (unpaired) electrons. The van der Waals surface area contributed by atoms with Crippen LogP contribution in [-0.4, -0.2) is 48.7 Å². The number of rotatable bonds is 5. The molecule has 4 nitrogen and oxygen atoms in total. The quantitative estimate of drug-likeness (QED) is 0.738. The molecule has 1 aliphatic rings. The summed E-state index contributed by atoms with van der Waals surface area (Å²) in [5.41, 5.74) is 0. The number of hydrogen-bond donors (Lipinski definition) is 2. The summed E-state index contributed by atoms with van der Waals surface area (Å²) in [6, 6.07) is 0.497. The molecule has 0 amide bonds. The highest BCUT2D eigenvalue weighted by Gasteiger charge is 2.23. The molecule has 94 valence electrons. The predicted octanol–water partition coefficient (Wildman–Crippen LogP) is 1.03. The predicted molar refractivity (Wildman–Crippen MR) is 64.5 cm³/mol. The lowest BCUT2D eigenvalue weighted by Gasteiger charge is -2.30. The minimum absolute atomic E-state index is 0.191. The summed E-state index contributed by atoms with van der Waals surface area (Å²) in [7, 11) is 2.13. The van der Waals surface area contributed by atoms with Crippen LogP contribution in [0.1, 0.15) is 26.7 Å². The Morgan fingerprint density at radius 2 is 2.00 bits per heavy atom. The molecule has 16 heavy (non-hydrogen) atoms. The van der Waals surface area contributed by atoms with Gasteiger partial charge in [0.2, 0.25) is 0 Å². The molecular weight excluding hydrogens is 204 g/mol. The van der Waals surface area contributed by atoms with Gasteiger partial charge in [0.05, 0.1) is 5.92 Å². The Kier molecular flexibility index (Phi) is 5.22. The van der Waals surface area contributed by atoms with Gasteiger partial charge in [-0.05, 0) is 38.9 Å². The summed E-state index contributed by atoms with van der Waals surface area (Å²) >= 11 is 0. The van der Waals surface area contributed by atoms with Gasteiger partial charge < -0.3 is 15.3 Å². The number of nitrogens with one attached hydrogen (secondary N) is 1. The lowest BCUT2D eigenvalue weighted by Crippen LogP contribution is -2.44. The SMILES string of the molecule is CC(C)C(CNC1CCN(C)CC1)C(=O)O. The summed E-state index contributed by atoms with van der Waals surface area (Å²) in [5.74, 6) is -0.758. The number of carbonyl (C=O) groups is 1. The minimum Gasteiger partial charge on any atom is -0.481 e. The van der Waals surface area contributed by atoms with Crippen LogP contribution >= 0.6 is 0 Å². The third kappa shape index (κ3) is 4.10. The third-order valence-electron chi connectivity index (χ3n) is 3.47. The van der Waals surface area contributed by atoms with Gasteiger partial charge in [0.25, 0.3) is 0 Å². The molecule has 1 fully saturated rings. The van der Waals surface area contributed by atoms with Crippen molar-refractivity contribution in [3.05, 3.63) is 0 Å². The zero-order valence-electron chi connectivity index (χ0n) is 10.6. The van der Waals surface area contributed by atoms with Crippen LogP contribution in [0.15, 0.2) is 0 Å². The first-order valence-electron chi connectivity index (χ1n) is 6.15. The molecule has 0 aliphatic carbocycles. The van der Waals surface area contributed by atoms with Gasteiger partial charge in [0.15, 0.2) is 0 Å². The lowest BCUT2D eigenvalue weighted by molar-refractivity contribution is -0.143. The standard InChI is InChI=1S/C12H24N2O2/c1-9(2)11(12(15)16)8-13-10-4-6-14(3)7-5-10/h9-11,13H,4-8H2,1-3H3,(H,15,16). The molecule has 1 atom stereocenters. The Morgan fingerprint density at radius 1 is 1.44 bits per heavy atom. The molecule has 1 heterocycles. The van der Waals surface area contributed by atoms with E-state index in [0.29, 0.717) is 12.6 Å². The molecule has 4 heteroatoms. The molecule has 0 aromatic rings. The van der Waals surface area contributed by atoms with Crippen LogP contribution in [0.2, 0.25) is 0 Å². The Balaban J connectivity index is 2.29. The second-order valence-electron chi connectivity index (χ2n) is 5.17. The third-order valence-corrected chi connectivity index (χ3v) is 3.47. The molecule has 2 N–H and O–H groups in total. The minimum atomic E-state index is -0.685. The van der Waals surface area contributed by atoms with Crippen molar-refractivity contribution in [3.8, 4) is 0 Å². The van der Waals surface area contributed by atoms with E-state index in [-0.39, 0.29) is 11.8 Å². The highest BCUT2D eigenvalue weighted by atomic mass is 16.4. The molecule has 1 aliphatic heterocycles. The van der Waals surface area contributed by atoms with Crippen LogP contribution in [0.25, 0.3) is 0 Å². The topological polar surface area (TPSA) is 52.6 Å². The normalized spacial score (nSPS) is 21.2. The molecule has 1 saturated heterocycles. The number of carboxylic acids is 1. The molecular formula is C12H24N2O2. The first kappa shape index (κ1) is 13.5. The molecule has 0 aromatic heterocycles. The first-order chi connectivity index (χ1) is 7.50. The molecule has 0 spiro atoms. The average Bonchev–Trinajstić information content (AvgIpc) is 2.20. The fraction of sp³-hybridized carbons (Fsp3) is 0.917. The van der Waals surface area contributed by atoms with E-state index in [2.05, 4.69) is 17.3 Å². The van der Waals surface area contributed by atoms with Crippen LogP contribution < -0.4 is 5.32 Å². The number of carboxylic acid groups (broad SMARTS) is 1. The average molecular weight is 228 g/mol. The summed E-state index contributed by atoms with van der Waals surface area (Å²) in [6.07, 6.45) is 2.25. The van der Waals surface area contributed by atoms with Gasteiger partial charge in [-0.2, -0.15) is 0 Å². The van der Waals surface area contributed by atoms with E-state index in [9.17, 15) is 4.79 Å². The van der Waals surface area contributed by atoms with Crippen molar-refractivity contribution >= 4 is 5.97 Å². The summed E-state index contributed by atoms with van der Waals surface area (Å²) < 4.78 is 0. The van der Waals surface area contributed by atoms with E-state index >= 15 is 0 Å². The van der Waals surface area contributed by atoms with Crippen LogP contribution in [0.5, 0.6) is 0 Å². The molecule has 0 bridgehead atoms. The van der Waals surface area contributed by atoms with Crippen molar-refractivity contribution in [1.29, 1.82) is 0 Å². The first-order valence-corrected chi connectivity index (χ1v) is 6.15. The van der Waals surface area contributed by atoms with Crippen LogP contribution in [0.3, 0.4) is 0 Å². The van der Waals surface area contributed by atoms with Crippen LogP contribution in [0, 0.1) is 11.8 Å². The zero-order chi connectivity index (χ0) is 12.1. The Hall–Kier alpha value is -0.610. The maximum atomic E-state index is 11.0. The summed E-state index contributed by atoms with van der Waals surface area (Å²) in [4.78, 5) is 13.3. The van der Waals surface area contributed by atoms with Crippen molar-refractivity contribution in [2.45, 2.75) is 32.7 Å². The van der Waals surface area contributed by atoms with Crippen LogP contribution in [-0.2, 0) is 4.79 Å². The summed E-state index contributed by atoms with van der Waals surface area (Å²) in [6.45, 7) is 6.75. The van der Waals surface area contributed by atoms with Gasteiger partial charge >= 0.3 is 5.97 Å². The number of likely N-dealkylation sites (tertiary alicyclic amines) is 1. The summed E-state index contributed by atoms with van der Waals surface area (Å²) in [5, 5.41) is 12.5. The lowest BCUT2D eigenvalue weighted by atomic mass is 9.95. The molecule has 0 saturated carbocycles. The second-order valence-corrected chi connectivity index (χ2v) is 5.17. The van der Waals surface area contributed by atoms with E-state index in [4.69, 9.17) is 5.11 Å². The van der Waals surface area contributed by atoms with Gasteiger partial charge in [0, 0.05) is 12.6 Å². The van der Waals surface area contributed by atoms with Gasteiger partial charge in [-0.15, -0.1) is 0 Å². The largest absolute Gasteiger partial charge is 0.481 e. The van der Waals surface area contributed by atoms with E-state index in [1.54, 1.807) is 0 Å². The molecule has 0 aromatic carbocycles. The van der Waals surface area contributed by atoms with Crippen molar-refractivity contribution in [3.63, 3.8) is 0 Å². The van der Waals surface area contributed by atoms with Crippen molar-refractivity contribution in [2.24, 2.45) is 11.8 Å². The Morgan fingerprint density at radius 3 is 2.44 bits per heavy atom. The van der Waals surface area contributed by atoms with E-state index in [1.165, 1.54) is 0 Å². The fourth-order valence-electron chi connectivity index (χ4n) is 2.11. The maximum absolute atomic E-state index is 11.0. The molecule has 1 unspecified atom stereocenters. The Labute approximate surface area is 98.0 Å². The van der Waals surface area contributed by atoms with E-state index < -0.39 is 5.97 Å². The van der Waals surface area contributed by atoms with Crippen molar-refractivity contribution in [2.75, 3.05) is 26.7 Å². The van der Waals surface area contributed by atoms with E-state index in [1.807, 2.05) is 13.8 Å². The van der Waals surface area contributed by atoms with Crippen LogP contribution in [0.4, 0.5) is 0 Å². The number of piperidine rings is 1. The van der Waals surface area contributed by atoms with Gasteiger partial charge in [0.1, 0.15) is 0 Å². The van der Waals surface area contributed by atoms with Crippen molar-refractivity contribution in [1.82, 2.24) is 10.2 Å². The highest BCUT2D eigenvalue weighted by molar-refractivity contribution is 5.70. The molecule has 1 rings (SSSR count). The highest BCUT2D eigenvalue weighted by Crippen LogP contribution is 2.13. The van der Waals surface area contributed by atoms with Gasteiger partial charge in [-0.3, -0.25) is 4.79 Å². The van der Waals surface area contributed by atoms with Crippen molar-refractivity contribution < 1.29 is 9.90 Å². The monoisotopic (exact) mass is 228 g/mol. The fourth-order valence-corrected chi connectivity index (χ4v) is 2.11. The number of aliphatic carboxylic acids is 1. The van der Waals surface area contributed by atoms with Gasteiger partial charge in [-0.1, -0.05) is 13.8 Å². The number of hydrogen-bond acceptors (Lipinski definition) is 3. The maximum Gasteiger partial charge on any atom is 0.308 e. The second kappa shape index (κ2) is 6.21. The number of nitrogens with zero attached hydrogens (tertiary/aromatic N) is 1. The smallest absolute Gasteiger partial charge is 0.308 e. The van der Waals surface area contributed by atoms with Gasteiger partial charge in [-0.25, -0.2) is 0 Å². The Bertz CT molecular complexity index is 223.